The van der Waals surface area contributed by atoms with Crippen molar-refractivity contribution in [2.24, 2.45) is 0 Å². The fourth-order valence-corrected chi connectivity index (χ4v) is 1.88. The van der Waals surface area contributed by atoms with Crippen LogP contribution in [0.5, 0.6) is 0 Å². The minimum atomic E-state index is -0.108. The summed E-state index contributed by atoms with van der Waals surface area (Å²) < 4.78 is 5.45. The van der Waals surface area contributed by atoms with Crippen LogP contribution < -0.4 is 0 Å². The molecular formula is C13H14O2. The van der Waals surface area contributed by atoms with E-state index in [1.807, 2.05) is 6.07 Å². The average Bonchev–Trinajstić information content (AvgIpc) is 2.17. The second-order valence-corrected chi connectivity index (χ2v) is 3.96. The van der Waals surface area contributed by atoms with E-state index in [0.29, 0.717) is 6.42 Å². The number of aryl methyl sites for hydroxylation is 2. The lowest BCUT2D eigenvalue weighted by Crippen LogP contribution is -2.12. The molecule has 1 aliphatic heterocycles. The Morgan fingerprint density at radius 3 is 2.80 bits per heavy atom. The molecule has 1 aromatic carbocycles. The number of hydrogen-bond donors (Lipinski definition) is 0. The lowest BCUT2D eigenvalue weighted by Gasteiger charge is -2.20. The molecule has 15 heavy (non-hydrogen) atoms. The molecule has 0 bridgehead atoms. The van der Waals surface area contributed by atoms with Gasteiger partial charge in [-0.05, 0) is 25.0 Å². The smallest absolute Gasteiger partial charge is 0.162 e. The van der Waals surface area contributed by atoms with Gasteiger partial charge in [0.2, 0.25) is 0 Å². The summed E-state index contributed by atoms with van der Waals surface area (Å²) in [4.78, 5) is 11.3. The van der Waals surface area contributed by atoms with Gasteiger partial charge in [0.15, 0.2) is 5.78 Å². The van der Waals surface area contributed by atoms with Gasteiger partial charge in [-0.15, -0.1) is 0 Å². The van der Waals surface area contributed by atoms with E-state index in [0.717, 1.165) is 5.56 Å². The van der Waals surface area contributed by atoms with E-state index in [4.69, 9.17) is 4.74 Å². The quantitative estimate of drug-likeness (QED) is 0.700. The molecule has 0 saturated heterocycles. The zero-order chi connectivity index (χ0) is 10.8. The molecule has 0 aliphatic carbocycles. The molecule has 2 rings (SSSR count). The van der Waals surface area contributed by atoms with Gasteiger partial charge in [0.05, 0.1) is 12.7 Å². The lowest BCUT2D eigenvalue weighted by molar-refractivity contribution is -0.118. The number of ketones is 1. The number of ether oxygens (including phenoxy) is 1. The number of hydrogen-bond acceptors (Lipinski definition) is 2. The van der Waals surface area contributed by atoms with Gasteiger partial charge in [0.1, 0.15) is 6.10 Å². The van der Waals surface area contributed by atoms with Crippen molar-refractivity contribution in [3.05, 3.63) is 47.2 Å². The van der Waals surface area contributed by atoms with Gasteiger partial charge < -0.3 is 4.74 Å². The van der Waals surface area contributed by atoms with E-state index >= 15 is 0 Å². The SMILES string of the molecule is Cc1ccc(C2CC(=O)C=CO2)c(C)c1. The Morgan fingerprint density at radius 2 is 2.13 bits per heavy atom. The standard InChI is InChI=1S/C13H14O2/c1-9-3-4-12(10(2)7-9)13-8-11(14)5-6-15-13/h3-7,13H,8H2,1-2H3. The molecule has 0 amide bonds. The number of carbonyl (C=O) groups is 1. The normalized spacial score (nSPS) is 20.1. The third kappa shape index (κ3) is 2.09. The summed E-state index contributed by atoms with van der Waals surface area (Å²) in [6.45, 7) is 4.11. The maximum absolute atomic E-state index is 11.3. The van der Waals surface area contributed by atoms with Crippen molar-refractivity contribution in [2.75, 3.05) is 0 Å². The molecule has 0 spiro atoms. The molecule has 78 valence electrons. The van der Waals surface area contributed by atoms with E-state index in [2.05, 4.69) is 26.0 Å². The van der Waals surface area contributed by atoms with Crippen LogP contribution in [0.2, 0.25) is 0 Å². The maximum atomic E-state index is 11.3. The molecule has 0 fully saturated rings. The summed E-state index contributed by atoms with van der Waals surface area (Å²) in [5, 5.41) is 0. The summed E-state index contributed by atoms with van der Waals surface area (Å²) in [6.07, 6.45) is 3.32. The van der Waals surface area contributed by atoms with E-state index in [1.165, 1.54) is 23.5 Å². The first-order chi connectivity index (χ1) is 7.16. The molecule has 1 aromatic rings. The van der Waals surface area contributed by atoms with Crippen molar-refractivity contribution in [3.63, 3.8) is 0 Å². The van der Waals surface area contributed by atoms with Gasteiger partial charge in [0, 0.05) is 6.08 Å². The molecule has 0 saturated carbocycles. The summed E-state index contributed by atoms with van der Waals surface area (Å²) >= 11 is 0. The van der Waals surface area contributed by atoms with E-state index < -0.39 is 0 Å². The minimum Gasteiger partial charge on any atom is -0.493 e. The highest BCUT2D eigenvalue weighted by atomic mass is 16.5. The van der Waals surface area contributed by atoms with Crippen LogP contribution in [0.3, 0.4) is 0 Å². The highest BCUT2D eigenvalue weighted by molar-refractivity contribution is 5.90. The van der Waals surface area contributed by atoms with Crippen LogP contribution in [0.4, 0.5) is 0 Å². The van der Waals surface area contributed by atoms with E-state index in [9.17, 15) is 4.79 Å². The molecule has 2 heteroatoms. The number of allylic oxidation sites excluding steroid dienone is 1. The van der Waals surface area contributed by atoms with Crippen molar-refractivity contribution < 1.29 is 9.53 Å². The topological polar surface area (TPSA) is 26.3 Å². The molecular weight excluding hydrogens is 188 g/mol. The predicted octanol–water partition coefficient (Wildman–Crippen LogP) is 2.85. The van der Waals surface area contributed by atoms with Crippen molar-refractivity contribution >= 4 is 5.78 Å². The van der Waals surface area contributed by atoms with Crippen LogP contribution in [0.25, 0.3) is 0 Å². The van der Waals surface area contributed by atoms with Crippen molar-refractivity contribution in [2.45, 2.75) is 26.4 Å². The third-order valence-corrected chi connectivity index (χ3v) is 2.66. The van der Waals surface area contributed by atoms with Crippen LogP contribution in [0.15, 0.2) is 30.5 Å². The molecule has 1 atom stereocenters. The average molecular weight is 202 g/mol. The van der Waals surface area contributed by atoms with E-state index in [1.54, 1.807) is 0 Å². The Balaban J connectivity index is 2.30. The number of rotatable bonds is 1. The maximum Gasteiger partial charge on any atom is 0.162 e. The van der Waals surface area contributed by atoms with Gasteiger partial charge in [-0.25, -0.2) is 0 Å². The Bertz CT molecular complexity index is 419. The number of benzene rings is 1. The van der Waals surface area contributed by atoms with Gasteiger partial charge in [-0.3, -0.25) is 4.79 Å². The van der Waals surface area contributed by atoms with Crippen LogP contribution in [-0.2, 0) is 9.53 Å². The summed E-state index contributed by atoms with van der Waals surface area (Å²) in [6, 6.07) is 6.21. The summed E-state index contributed by atoms with van der Waals surface area (Å²) in [7, 11) is 0. The van der Waals surface area contributed by atoms with Crippen LogP contribution in [0.1, 0.15) is 29.2 Å². The van der Waals surface area contributed by atoms with Crippen LogP contribution in [0, 0.1) is 13.8 Å². The summed E-state index contributed by atoms with van der Waals surface area (Å²) in [5.74, 6) is 0.131. The third-order valence-electron chi connectivity index (χ3n) is 2.66. The zero-order valence-electron chi connectivity index (χ0n) is 8.99. The Labute approximate surface area is 89.6 Å². The Morgan fingerprint density at radius 1 is 1.33 bits per heavy atom. The molecule has 2 nitrogen and oxygen atoms in total. The lowest BCUT2D eigenvalue weighted by atomic mass is 9.97. The Hall–Kier alpha value is -1.57. The van der Waals surface area contributed by atoms with Gasteiger partial charge in [0.25, 0.3) is 0 Å². The first-order valence-corrected chi connectivity index (χ1v) is 5.09. The van der Waals surface area contributed by atoms with Gasteiger partial charge >= 0.3 is 0 Å². The largest absolute Gasteiger partial charge is 0.493 e. The van der Waals surface area contributed by atoms with Crippen molar-refractivity contribution in [3.8, 4) is 0 Å². The fourth-order valence-electron chi connectivity index (χ4n) is 1.88. The first-order valence-electron chi connectivity index (χ1n) is 5.09. The van der Waals surface area contributed by atoms with Crippen LogP contribution in [-0.4, -0.2) is 5.78 Å². The van der Waals surface area contributed by atoms with E-state index in [-0.39, 0.29) is 11.9 Å². The second-order valence-electron chi connectivity index (χ2n) is 3.96. The molecule has 1 heterocycles. The fraction of sp³-hybridized carbons (Fsp3) is 0.308. The summed E-state index contributed by atoms with van der Waals surface area (Å²) in [5.41, 5.74) is 3.52. The van der Waals surface area contributed by atoms with Gasteiger partial charge in [-0.1, -0.05) is 23.8 Å². The second kappa shape index (κ2) is 3.89. The van der Waals surface area contributed by atoms with Crippen LogP contribution >= 0.6 is 0 Å². The number of carbonyl (C=O) groups excluding carboxylic acids is 1. The molecule has 0 radical (unpaired) electrons. The highest BCUT2D eigenvalue weighted by Crippen LogP contribution is 2.28. The molecule has 0 aromatic heterocycles. The molecule has 0 N–H and O–H groups in total. The Kier molecular flexibility index (Phi) is 2.58. The van der Waals surface area contributed by atoms with Gasteiger partial charge in [-0.2, -0.15) is 0 Å². The monoisotopic (exact) mass is 202 g/mol. The predicted molar refractivity (Wildman–Crippen MR) is 58.5 cm³/mol. The molecule has 1 aliphatic rings. The van der Waals surface area contributed by atoms with Crippen molar-refractivity contribution in [1.29, 1.82) is 0 Å². The molecule has 1 unspecified atom stereocenters. The van der Waals surface area contributed by atoms with Crippen molar-refractivity contribution in [1.82, 2.24) is 0 Å². The zero-order valence-corrected chi connectivity index (χ0v) is 8.99. The minimum absolute atomic E-state index is 0.108. The first kappa shape index (κ1) is 9.97. The highest BCUT2D eigenvalue weighted by Gasteiger charge is 2.19.